The van der Waals surface area contributed by atoms with Crippen molar-refractivity contribution < 1.29 is 14.3 Å². The molecule has 1 aromatic carbocycles. The Balaban J connectivity index is 2.15. The normalized spacial score (nSPS) is 24.2. The van der Waals surface area contributed by atoms with Gasteiger partial charge in [0.2, 0.25) is 0 Å². The molecule has 0 amide bonds. The van der Waals surface area contributed by atoms with Gasteiger partial charge in [-0.1, -0.05) is 18.2 Å². The molecule has 1 aliphatic carbocycles. The van der Waals surface area contributed by atoms with Crippen LogP contribution in [0.5, 0.6) is 0 Å². The quantitative estimate of drug-likeness (QED) is 0.823. The molecule has 0 aromatic heterocycles. The fourth-order valence-corrected chi connectivity index (χ4v) is 2.42. The van der Waals surface area contributed by atoms with Crippen LogP contribution < -0.4 is 0 Å². The molecule has 0 radical (unpaired) electrons. The molecule has 0 saturated heterocycles. The molecular formula is C14H10FNO2. The zero-order chi connectivity index (χ0) is 12.7. The number of hydrogen-bond acceptors (Lipinski definition) is 2. The molecule has 0 bridgehead atoms. The van der Waals surface area contributed by atoms with E-state index in [0.29, 0.717) is 5.69 Å². The van der Waals surface area contributed by atoms with E-state index >= 15 is 0 Å². The van der Waals surface area contributed by atoms with Gasteiger partial charge in [0.15, 0.2) is 0 Å². The van der Waals surface area contributed by atoms with Crippen LogP contribution in [-0.2, 0) is 0 Å². The van der Waals surface area contributed by atoms with Gasteiger partial charge < -0.3 is 5.11 Å². The fourth-order valence-electron chi connectivity index (χ4n) is 2.42. The summed E-state index contributed by atoms with van der Waals surface area (Å²) in [5.41, 5.74) is 1.50. The van der Waals surface area contributed by atoms with Crippen LogP contribution in [0.1, 0.15) is 21.8 Å². The second-order valence-corrected chi connectivity index (χ2v) is 4.34. The maximum Gasteiger partial charge on any atom is 0.337 e. The van der Waals surface area contributed by atoms with Crippen molar-refractivity contribution >= 4 is 17.9 Å². The monoisotopic (exact) mass is 243 g/mol. The van der Waals surface area contributed by atoms with Gasteiger partial charge in [-0.05, 0) is 23.8 Å². The number of para-hydroxylation sites is 1. The Morgan fingerprint density at radius 1 is 1.39 bits per heavy atom. The van der Waals surface area contributed by atoms with E-state index in [0.717, 1.165) is 5.56 Å². The maximum atomic E-state index is 13.2. The van der Waals surface area contributed by atoms with Crippen molar-refractivity contribution in [3.8, 4) is 0 Å². The van der Waals surface area contributed by atoms with E-state index in [4.69, 9.17) is 5.11 Å². The highest BCUT2D eigenvalue weighted by Crippen LogP contribution is 2.41. The molecule has 0 saturated carbocycles. The van der Waals surface area contributed by atoms with Crippen LogP contribution in [0.3, 0.4) is 0 Å². The Bertz CT molecular complexity index is 616. The zero-order valence-corrected chi connectivity index (χ0v) is 9.38. The highest BCUT2D eigenvalue weighted by Gasteiger charge is 2.28. The lowest BCUT2D eigenvalue weighted by Crippen LogP contribution is -2.17. The van der Waals surface area contributed by atoms with E-state index in [9.17, 15) is 9.18 Å². The number of carboxylic acid groups (broad SMARTS) is 1. The molecule has 2 aliphatic rings. The minimum Gasteiger partial charge on any atom is -0.478 e. The van der Waals surface area contributed by atoms with Crippen LogP contribution in [0.2, 0.25) is 0 Å². The van der Waals surface area contributed by atoms with Crippen LogP contribution in [0.25, 0.3) is 0 Å². The van der Waals surface area contributed by atoms with E-state index < -0.39 is 5.97 Å². The van der Waals surface area contributed by atoms with Crippen molar-refractivity contribution in [2.45, 2.75) is 5.92 Å². The first kappa shape index (κ1) is 10.9. The molecule has 1 heterocycles. The van der Waals surface area contributed by atoms with E-state index in [1.54, 1.807) is 18.4 Å². The molecule has 2 atom stereocenters. The lowest BCUT2D eigenvalue weighted by atomic mass is 9.80. The number of fused-ring (bicyclic) bond motifs is 3. The topological polar surface area (TPSA) is 49.7 Å². The second kappa shape index (κ2) is 3.91. The molecule has 90 valence electrons. The zero-order valence-electron chi connectivity index (χ0n) is 9.38. The first-order valence-electron chi connectivity index (χ1n) is 5.63. The summed E-state index contributed by atoms with van der Waals surface area (Å²) in [6.45, 7) is 0. The molecule has 18 heavy (non-hydrogen) atoms. The van der Waals surface area contributed by atoms with Crippen LogP contribution in [0, 0.1) is 5.92 Å². The smallest absolute Gasteiger partial charge is 0.337 e. The Hall–Kier alpha value is -2.23. The summed E-state index contributed by atoms with van der Waals surface area (Å²) in [7, 11) is 0. The Kier molecular flexibility index (Phi) is 2.37. The molecule has 3 nitrogen and oxygen atoms in total. The van der Waals surface area contributed by atoms with Gasteiger partial charge in [-0.25, -0.2) is 9.18 Å². The largest absolute Gasteiger partial charge is 0.478 e. The standard InChI is InChI=1S/C14H10FNO2/c15-9-4-5-10-8(6-9)7-16-13-11(10)2-1-3-12(13)14(17)18/h1-8,10H,(H,17,18). The lowest BCUT2D eigenvalue weighted by molar-refractivity contribution is 0.0697. The van der Waals surface area contributed by atoms with Crippen LogP contribution >= 0.6 is 0 Å². The average molecular weight is 243 g/mol. The fraction of sp³-hybridized carbons (Fsp3) is 0.143. The number of nitrogens with zero attached hydrogens (tertiary/aromatic N) is 1. The van der Waals surface area contributed by atoms with Crippen LogP contribution in [0.4, 0.5) is 10.1 Å². The summed E-state index contributed by atoms with van der Waals surface area (Å²) >= 11 is 0. The molecule has 3 rings (SSSR count). The van der Waals surface area contributed by atoms with Crippen molar-refractivity contribution in [3.63, 3.8) is 0 Å². The van der Waals surface area contributed by atoms with Gasteiger partial charge in [0, 0.05) is 18.1 Å². The van der Waals surface area contributed by atoms with Gasteiger partial charge in [-0.3, -0.25) is 4.99 Å². The number of carbonyl (C=O) groups is 1. The number of allylic oxidation sites excluding steroid dienone is 4. The number of aliphatic imine (C=N–C) groups is 1. The Labute approximate surface area is 103 Å². The Morgan fingerprint density at radius 2 is 2.22 bits per heavy atom. The number of rotatable bonds is 1. The van der Waals surface area contributed by atoms with Crippen LogP contribution in [-0.4, -0.2) is 17.3 Å². The highest BCUT2D eigenvalue weighted by molar-refractivity contribution is 5.96. The van der Waals surface area contributed by atoms with Crippen LogP contribution in [0.15, 0.2) is 47.2 Å². The molecular weight excluding hydrogens is 233 g/mol. The van der Waals surface area contributed by atoms with Crippen molar-refractivity contribution in [3.05, 3.63) is 53.4 Å². The first-order chi connectivity index (χ1) is 8.66. The predicted molar refractivity (Wildman–Crippen MR) is 66.1 cm³/mol. The summed E-state index contributed by atoms with van der Waals surface area (Å²) in [5, 5.41) is 9.12. The third-order valence-electron chi connectivity index (χ3n) is 3.26. The summed E-state index contributed by atoms with van der Waals surface area (Å²) < 4.78 is 13.2. The van der Waals surface area contributed by atoms with Gasteiger partial charge >= 0.3 is 5.97 Å². The summed E-state index contributed by atoms with van der Waals surface area (Å²) in [6, 6.07) is 5.07. The summed E-state index contributed by atoms with van der Waals surface area (Å²) in [6.07, 6.45) is 6.29. The third kappa shape index (κ3) is 1.57. The Morgan fingerprint density at radius 3 is 3.00 bits per heavy atom. The third-order valence-corrected chi connectivity index (χ3v) is 3.26. The number of benzene rings is 1. The first-order valence-corrected chi connectivity index (χ1v) is 5.63. The number of carboxylic acids is 1. The highest BCUT2D eigenvalue weighted by atomic mass is 19.1. The SMILES string of the molecule is O=C(O)c1cccc2c1N=CC1C=C(F)C=CC21. The van der Waals surface area contributed by atoms with E-state index in [2.05, 4.69) is 4.99 Å². The van der Waals surface area contributed by atoms with Crippen molar-refractivity contribution in [1.29, 1.82) is 0 Å². The van der Waals surface area contributed by atoms with E-state index in [-0.39, 0.29) is 23.2 Å². The van der Waals surface area contributed by atoms with Gasteiger partial charge in [0.1, 0.15) is 5.83 Å². The molecule has 0 spiro atoms. The van der Waals surface area contributed by atoms with E-state index in [1.165, 1.54) is 18.2 Å². The average Bonchev–Trinajstić information content (AvgIpc) is 2.37. The molecule has 1 aliphatic heterocycles. The summed E-state index contributed by atoms with van der Waals surface area (Å²) in [5.74, 6) is -1.44. The minimum absolute atomic E-state index is 0.0312. The van der Waals surface area contributed by atoms with Gasteiger partial charge in [0.05, 0.1) is 11.3 Å². The van der Waals surface area contributed by atoms with Gasteiger partial charge in [0.25, 0.3) is 0 Å². The number of hydrogen-bond donors (Lipinski definition) is 1. The van der Waals surface area contributed by atoms with Gasteiger partial charge in [-0.15, -0.1) is 0 Å². The predicted octanol–water partition coefficient (Wildman–Crippen LogP) is 3.22. The minimum atomic E-state index is -0.996. The summed E-state index contributed by atoms with van der Waals surface area (Å²) in [4.78, 5) is 15.3. The lowest BCUT2D eigenvalue weighted by Gasteiger charge is -2.27. The number of aromatic carboxylic acids is 1. The van der Waals surface area contributed by atoms with Crippen molar-refractivity contribution in [2.24, 2.45) is 10.9 Å². The number of halogens is 1. The molecule has 4 heteroatoms. The molecule has 1 aromatic rings. The molecule has 2 unspecified atom stereocenters. The van der Waals surface area contributed by atoms with Crippen molar-refractivity contribution in [2.75, 3.05) is 0 Å². The maximum absolute atomic E-state index is 13.2. The van der Waals surface area contributed by atoms with Gasteiger partial charge in [-0.2, -0.15) is 0 Å². The van der Waals surface area contributed by atoms with E-state index in [1.807, 2.05) is 6.07 Å². The second-order valence-electron chi connectivity index (χ2n) is 4.34. The molecule has 1 N–H and O–H groups in total. The molecule has 0 fully saturated rings. The van der Waals surface area contributed by atoms with Crippen molar-refractivity contribution in [1.82, 2.24) is 0 Å².